The first kappa shape index (κ1) is 26.4. The van der Waals surface area contributed by atoms with Crippen molar-refractivity contribution in [3.05, 3.63) is 0 Å². The molecule has 6 fully saturated rings. The van der Waals surface area contributed by atoms with E-state index in [4.69, 9.17) is 23.7 Å². The Hall–Kier alpha value is -0.850. The monoisotopic (exact) mass is 525 g/mol. The van der Waals surface area contributed by atoms with E-state index in [-0.39, 0.29) is 48.4 Å². The van der Waals surface area contributed by atoms with Crippen molar-refractivity contribution in [1.29, 1.82) is 0 Å². The van der Waals surface area contributed by atoms with Crippen molar-refractivity contribution in [1.82, 2.24) is 4.90 Å². The quantitative estimate of drug-likeness (QED) is 0.385. The van der Waals surface area contributed by atoms with Gasteiger partial charge in [0.25, 0.3) is 0 Å². The molecule has 10 nitrogen and oxygen atoms in total. The number of fused-ring (bicyclic) bond motifs is 2. The second kappa shape index (κ2) is 8.33. The predicted molar refractivity (Wildman–Crippen MR) is 129 cm³/mol. The molecule has 0 amide bonds. The summed E-state index contributed by atoms with van der Waals surface area (Å²) in [7, 11) is 6.59. The highest BCUT2D eigenvalue weighted by molar-refractivity contribution is 5.66. The lowest BCUT2D eigenvalue weighted by Crippen LogP contribution is -2.79. The van der Waals surface area contributed by atoms with Crippen LogP contribution in [0.5, 0.6) is 0 Å². The summed E-state index contributed by atoms with van der Waals surface area (Å²) in [5.74, 6) is -1.69. The van der Waals surface area contributed by atoms with Crippen LogP contribution in [0.3, 0.4) is 0 Å². The molecule has 6 rings (SSSR count). The fourth-order valence-electron chi connectivity index (χ4n) is 11.3. The number of likely N-dealkylation sites (tertiary alicyclic amines) is 1. The highest BCUT2D eigenvalue weighted by atomic mass is 16.6. The van der Waals surface area contributed by atoms with Crippen LogP contribution in [0.1, 0.15) is 33.1 Å². The average molecular weight is 526 g/mol. The Kier molecular flexibility index (Phi) is 5.94. The summed E-state index contributed by atoms with van der Waals surface area (Å²) in [5.41, 5.74) is -3.95. The van der Waals surface area contributed by atoms with Crippen LogP contribution in [0.2, 0.25) is 0 Å². The van der Waals surface area contributed by atoms with E-state index in [2.05, 4.69) is 11.8 Å². The number of esters is 1. The minimum atomic E-state index is -1.46. The van der Waals surface area contributed by atoms with Gasteiger partial charge in [0.1, 0.15) is 11.7 Å². The van der Waals surface area contributed by atoms with Crippen LogP contribution in [0, 0.1) is 34.5 Å². The first-order chi connectivity index (χ1) is 17.6. The van der Waals surface area contributed by atoms with Crippen molar-refractivity contribution < 1.29 is 43.8 Å². The van der Waals surface area contributed by atoms with Gasteiger partial charge in [0.05, 0.1) is 36.6 Å². The molecule has 0 aromatic heterocycles. The molecule has 1 spiro atoms. The van der Waals surface area contributed by atoms with Crippen LogP contribution in [0.15, 0.2) is 0 Å². The van der Waals surface area contributed by atoms with Crippen LogP contribution in [0.25, 0.3) is 0 Å². The van der Waals surface area contributed by atoms with E-state index in [0.29, 0.717) is 26.0 Å². The fourth-order valence-corrected chi connectivity index (χ4v) is 11.3. The molecule has 7 bridgehead atoms. The normalized spacial score (nSPS) is 57.4. The second-order valence-corrected chi connectivity index (χ2v) is 12.6. The van der Waals surface area contributed by atoms with E-state index in [1.54, 1.807) is 21.3 Å². The van der Waals surface area contributed by atoms with Gasteiger partial charge in [0.15, 0.2) is 0 Å². The highest BCUT2D eigenvalue weighted by Crippen LogP contribution is 2.80. The van der Waals surface area contributed by atoms with Gasteiger partial charge in [-0.2, -0.15) is 0 Å². The zero-order valence-electron chi connectivity index (χ0n) is 22.8. The minimum Gasteiger partial charge on any atom is -0.462 e. The van der Waals surface area contributed by atoms with E-state index in [0.717, 1.165) is 6.54 Å². The summed E-state index contributed by atoms with van der Waals surface area (Å²) in [4.78, 5) is 14.8. The summed E-state index contributed by atoms with van der Waals surface area (Å²) in [6, 6.07) is -0.0999. The molecule has 0 aromatic carbocycles. The summed E-state index contributed by atoms with van der Waals surface area (Å²) >= 11 is 0. The number of ether oxygens (including phenoxy) is 5. The zero-order valence-corrected chi connectivity index (χ0v) is 22.8. The second-order valence-electron chi connectivity index (χ2n) is 12.6. The molecule has 5 aliphatic carbocycles. The Morgan fingerprint density at radius 2 is 1.68 bits per heavy atom. The average Bonchev–Trinajstić information content (AvgIpc) is 3.21. The SMILES string of the molecule is CCN1C[C@]2(COC)C(OC(C)=O)C[C@H](OC)[C@@]34[C@@H]5C[C@@]6(O)[C@@H](OC)C[C@@](O)([C@H]5[C@H]6O)[C@@H]([C@H](OC)[C@H]23)[C@@H]14. The van der Waals surface area contributed by atoms with Crippen LogP contribution in [-0.2, 0) is 28.5 Å². The topological polar surface area (TPSA) is 127 Å². The minimum absolute atomic E-state index is 0.0999. The van der Waals surface area contributed by atoms with Gasteiger partial charge in [-0.05, 0) is 18.9 Å². The maximum absolute atomic E-state index is 12.7. The molecule has 0 aromatic rings. The third-order valence-corrected chi connectivity index (χ3v) is 11.9. The molecule has 1 heterocycles. The molecule has 210 valence electrons. The van der Waals surface area contributed by atoms with Gasteiger partial charge < -0.3 is 39.0 Å². The van der Waals surface area contributed by atoms with Crippen LogP contribution in [0.4, 0.5) is 0 Å². The van der Waals surface area contributed by atoms with E-state index in [9.17, 15) is 20.1 Å². The van der Waals surface area contributed by atoms with Gasteiger partial charge in [-0.15, -0.1) is 0 Å². The van der Waals surface area contributed by atoms with Crippen LogP contribution < -0.4 is 0 Å². The van der Waals surface area contributed by atoms with Crippen molar-refractivity contribution in [2.24, 2.45) is 34.5 Å². The number of carbonyl (C=O) groups is 1. The highest BCUT2D eigenvalue weighted by Gasteiger charge is 2.89. The fraction of sp³-hybridized carbons (Fsp3) is 0.963. The van der Waals surface area contributed by atoms with E-state index < -0.39 is 46.3 Å². The molecule has 6 aliphatic rings. The maximum Gasteiger partial charge on any atom is 0.302 e. The number of aliphatic hydroxyl groups excluding tert-OH is 1. The molecule has 1 saturated heterocycles. The molecule has 10 heteroatoms. The van der Waals surface area contributed by atoms with Gasteiger partial charge >= 0.3 is 5.97 Å². The lowest BCUT2D eigenvalue weighted by Gasteiger charge is -2.70. The molecule has 0 radical (unpaired) electrons. The zero-order chi connectivity index (χ0) is 26.7. The van der Waals surface area contributed by atoms with Crippen molar-refractivity contribution in [2.45, 2.75) is 80.9 Å². The molecule has 1 unspecified atom stereocenters. The van der Waals surface area contributed by atoms with Crippen molar-refractivity contribution in [3.63, 3.8) is 0 Å². The number of carbonyl (C=O) groups excluding carboxylic acids is 1. The Morgan fingerprint density at radius 3 is 2.24 bits per heavy atom. The van der Waals surface area contributed by atoms with Crippen LogP contribution in [-0.4, -0.2) is 122 Å². The van der Waals surface area contributed by atoms with Crippen LogP contribution >= 0.6 is 0 Å². The van der Waals surface area contributed by atoms with Gasteiger partial charge in [0, 0.05) is 89.4 Å². The first-order valence-electron chi connectivity index (χ1n) is 13.7. The summed E-state index contributed by atoms with van der Waals surface area (Å²) in [5, 5.41) is 36.2. The number of aliphatic hydroxyl groups is 3. The molecular weight excluding hydrogens is 482 g/mol. The van der Waals surface area contributed by atoms with E-state index in [1.807, 2.05) is 0 Å². The number of nitrogens with zero attached hydrogens (tertiary/aromatic N) is 1. The number of rotatable bonds is 7. The van der Waals surface area contributed by atoms with Crippen molar-refractivity contribution in [2.75, 3.05) is 48.1 Å². The number of methoxy groups -OCH3 is 4. The Bertz CT molecular complexity index is 951. The lowest BCUT2D eigenvalue weighted by molar-refractivity contribution is -0.299. The summed E-state index contributed by atoms with van der Waals surface area (Å²) in [6.45, 7) is 5.25. The maximum atomic E-state index is 12.7. The van der Waals surface area contributed by atoms with Gasteiger partial charge in [-0.3, -0.25) is 9.69 Å². The summed E-state index contributed by atoms with van der Waals surface area (Å²) < 4.78 is 30.4. The van der Waals surface area contributed by atoms with Gasteiger partial charge in [0.2, 0.25) is 0 Å². The summed E-state index contributed by atoms with van der Waals surface area (Å²) in [6.07, 6.45) is -2.01. The third kappa shape index (κ3) is 2.77. The van der Waals surface area contributed by atoms with Gasteiger partial charge in [-0.1, -0.05) is 6.92 Å². The lowest BCUT2D eigenvalue weighted by atomic mass is 9.42. The van der Waals surface area contributed by atoms with Gasteiger partial charge in [-0.25, -0.2) is 0 Å². The Labute approximate surface area is 218 Å². The van der Waals surface area contributed by atoms with Crippen molar-refractivity contribution >= 4 is 5.97 Å². The number of hydrogen-bond donors (Lipinski definition) is 3. The largest absolute Gasteiger partial charge is 0.462 e. The standard InChI is InChI=1S/C27H43NO9/c1-7-28-11-24(12-33-3)15(37-13(2)29)8-16(34-4)27-14-9-25(31)17(35-5)10-26(32,18(14)23(25)30)19(22(27)28)20(36-6)21(24)27/h14-23,30-32H,7-12H2,1-6H3/t14-,15?,16+,17+,18-,19+,20+,21-,22-,23-,24+,25-,26-,27+/m1/s1. The van der Waals surface area contributed by atoms with E-state index >= 15 is 0 Å². The first-order valence-corrected chi connectivity index (χ1v) is 13.7. The number of hydrogen-bond acceptors (Lipinski definition) is 10. The molecule has 1 aliphatic heterocycles. The molecule has 14 atom stereocenters. The molecule has 3 N–H and O–H groups in total. The number of piperidine rings is 1. The van der Waals surface area contributed by atoms with Crippen molar-refractivity contribution in [3.8, 4) is 0 Å². The third-order valence-electron chi connectivity index (χ3n) is 11.9. The molecule has 37 heavy (non-hydrogen) atoms. The molecular formula is C27H43NO9. The Morgan fingerprint density at radius 1 is 0.973 bits per heavy atom. The van der Waals surface area contributed by atoms with E-state index in [1.165, 1.54) is 14.0 Å². The predicted octanol–water partition coefficient (Wildman–Crippen LogP) is -0.187. The molecule has 5 saturated carbocycles. The Balaban J connectivity index is 1.65. The smallest absolute Gasteiger partial charge is 0.302 e.